The van der Waals surface area contributed by atoms with Crippen molar-refractivity contribution in [2.24, 2.45) is 0 Å². The number of benzene rings is 2. The zero-order valence-electron chi connectivity index (χ0n) is 17.1. The van der Waals surface area contributed by atoms with E-state index in [0.29, 0.717) is 5.69 Å². The first kappa shape index (κ1) is 22.5. The van der Waals surface area contributed by atoms with Gasteiger partial charge in [0.2, 0.25) is 22.0 Å². The Morgan fingerprint density at radius 1 is 1.23 bits per heavy atom. The molecule has 0 radical (unpaired) electrons. The van der Waals surface area contributed by atoms with Crippen LogP contribution in [0.1, 0.15) is 0 Å². The Hall–Kier alpha value is -3.18. The van der Waals surface area contributed by atoms with Crippen molar-refractivity contribution in [3.8, 4) is 11.5 Å². The standard InChI is InChI=1S/C20H21FN2O7S/c1-22(31(26,27)18-10-13(21)8-9-16(18)28-2)12-19(24)23-11-17(20(25)29-3)30-15-7-5-4-6-14(15)23/h4-10,17H,11-12H2,1-3H3. The molecule has 1 heterocycles. The molecule has 0 saturated heterocycles. The van der Waals surface area contributed by atoms with Crippen molar-refractivity contribution in [3.05, 3.63) is 48.3 Å². The highest BCUT2D eigenvalue weighted by Gasteiger charge is 2.36. The van der Waals surface area contributed by atoms with Crippen LogP contribution in [0.25, 0.3) is 0 Å². The van der Waals surface area contributed by atoms with E-state index in [-0.39, 0.29) is 18.0 Å². The van der Waals surface area contributed by atoms with E-state index in [9.17, 15) is 22.4 Å². The predicted octanol–water partition coefficient (Wildman–Crippen LogP) is 1.42. The van der Waals surface area contributed by atoms with Crippen molar-refractivity contribution in [1.82, 2.24) is 4.31 Å². The Bertz CT molecular complexity index is 1110. The molecule has 1 aliphatic rings. The van der Waals surface area contributed by atoms with Gasteiger partial charge in [0.05, 0.1) is 33.0 Å². The molecule has 1 aliphatic heterocycles. The summed E-state index contributed by atoms with van der Waals surface area (Å²) in [6.45, 7) is -0.718. The molecule has 3 rings (SSSR count). The highest BCUT2D eigenvalue weighted by atomic mass is 32.2. The molecule has 2 aromatic rings. The number of esters is 1. The van der Waals surface area contributed by atoms with Crippen LogP contribution in [0, 0.1) is 5.82 Å². The number of hydrogen-bond acceptors (Lipinski definition) is 7. The average molecular weight is 452 g/mol. The van der Waals surface area contributed by atoms with Gasteiger partial charge in [0.25, 0.3) is 0 Å². The summed E-state index contributed by atoms with van der Waals surface area (Å²) < 4.78 is 55.7. The molecule has 2 aromatic carbocycles. The van der Waals surface area contributed by atoms with Gasteiger partial charge in [-0.2, -0.15) is 4.31 Å². The summed E-state index contributed by atoms with van der Waals surface area (Å²) in [6.07, 6.45) is -1.06. The summed E-state index contributed by atoms with van der Waals surface area (Å²) in [6, 6.07) is 9.64. The van der Waals surface area contributed by atoms with Gasteiger partial charge in [-0.05, 0) is 30.3 Å². The van der Waals surface area contributed by atoms with E-state index in [1.54, 1.807) is 24.3 Å². The van der Waals surface area contributed by atoms with Gasteiger partial charge in [-0.1, -0.05) is 12.1 Å². The van der Waals surface area contributed by atoms with Crippen molar-refractivity contribution in [2.75, 3.05) is 39.3 Å². The van der Waals surface area contributed by atoms with Crippen LogP contribution >= 0.6 is 0 Å². The minimum absolute atomic E-state index is 0.0526. The Kier molecular flexibility index (Phi) is 6.46. The average Bonchev–Trinajstić information content (AvgIpc) is 2.77. The van der Waals surface area contributed by atoms with Crippen LogP contribution < -0.4 is 14.4 Å². The Labute approximate surface area is 179 Å². The number of methoxy groups -OCH3 is 2. The third-order valence-corrected chi connectivity index (χ3v) is 6.54. The first-order valence-electron chi connectivity index (χ1n) is 9.12. The van der Waals surface area contributed by atoms with Crippen molar-refractivity contribution in [2.45, 2.75) is 11.0 Å². The number of halogens is 1. The van der Waals surface area contributed by atoms with Crippen LogP contribution in [0.2, 0.25) is 0 Å². The molecular formula is C20H21FN2O7S. The topological polar surface area (TPSA) is 102 Å². The summed E-state index contributed by atoms with van der Waals surface area (Å²) in [5.41, 5.74) is 0.391. The SMILES string of the molecule is COC(=O)C1CN(C(=O)CN(C)S(=O)(=O)c2cc(F)ccc2OC)c2ccccc2O1. The number of fused-ring (bicyclic) bond motifs is 1. The highest BCUT2D eigenvalue weighted by molar-refractivity contribution is 7.89. The summed E-state index contributed by atoms with van der Waals surface area (Å²) in [5, 5.41) is 0. The van der Waals surface area contributed by atoms with Crippen molar-refractivity contribution >= 4 is 27.6 Å². The van der Waals surface area contributed by atoms with Gasteiger partial charge in [-0.3, -0.25) is 4.79 Å². The molecule has 0 aliphatic carbocycles. The Morgan fingerprint density at radius 2 is 1.94 bits per heavy atom. The molecule has 9 nitrogen and oxygen atoms in total. The molecule has 31 heavy (non-hydrogen) atoms. The number of amides is 1. The second-order valence-corrected chi connectivity index (χ2v) is 8.67. The minimum Gasteiger partial charge on any atom is -0.495 e. The van der Waals surface area contributed by atoms with E-state index < -0.39 is 45.3 Å². The molecule has 0 N–H and O–H groups in total. The van der Waals surface area contributed by atoms with Crippen LogP contribution in [0.15, 0.2) is 47.4 Å². The van der Waals surface area contributed by atoms with Gasteiger partial charge >= 0.3 is 5.97 Å². The van der Waals surface area contributed by atoms with Gasteiger partial charge in [0.1, 0.15) is 22.2 Å². The van der Waals surface area contributed by atoms with Gasteiger partial charge in [-0.25, -0.2) is 17.6 Å². The third-order valence-electron chi connectivity index (χ3n) is 4.71. The molecule has 0 spiro atoms. The van der Waals surface area contributed by atoms with Gasteiger partial charge in [-0.15, -0.1) is 0 Å². The number of likely N-dealkylation sites (N-methyl/N-ethyl adjacent to an activating group) is 1. The number of carbonyl (C=O) groups is 2. The summed E-state index contributed by atoms with van der Waals surface area (Å²) in [4.78, 5) is 25.9. The van der Waals surface area contributed by atoms with E-state index in [4.69, 9.17) is 14.2 Å². The molecule has 0 fully saturated rings. The number of sulfonamides is 1. The smallest absolute Gasteiger partial charge is 0.348 e. The number of anilines is 1. The van der Waals surface area contributed by atoms with Crippen LogP contribution in [0.4, 0.5) is 10.1 Å². The molecule has 166 valence electrons. The molecule has 1 unspecified atom stereocenters. The van der Waals surface area contributed by atoms with Crippen molar-refractivity contribution < 1.29 is 36.6 Å². The van der Waals surface area contributed by atoms with Crippen LogP contribution in [0.3, 0.4) is 0 Å². The molecule has 0 saturated carbocycles. The second kappa shape index (κ2) is 8.90. The lowest BCUT2D eigenvalue weighted by Gasteiger charge is -2.34. The zero-order chi connectivity index (χ0) is 22.8. The normalized spacial score (nSPS) is 15.8. The maximum atomic E-state index is 13.7. The van der Waals surface area contributed by atoms with E-state index in [0.717, 1.165) is 16.4 Å². The zero-order valence-corrected chi connectivity index (χ0v) is 17.9. The lowest BCUT2D eigenvalue weighted by molar-refractivity contribution is -0.148. The van der Waals surface area contributed by atoms with E-state index in [1.165, 1.54) is 32.2 Å². The fourth-order valence-corrected chi connectivity index (χ4v) is 4.39. The molecule has 1 atom stereocenters. The molecule has 0 bridgehead atoms. The Morgan fingerprint density at radius 3 is 2.61 bits per heavy atom. The minimum atomic E-state index is -4.25. The monoisotopic (exact) mass is 452 g/mol. The summed E-state index contributed by atoms with van der Waals surface area (Å²) >= 11 is 0. The number of hydrogen-bond donors (Lipinski definition) is 0. The fraction of sp³-hybridized carbons (Fsp3) is 0.300. The quantitative estimate of drug-likeness (QED) is 0.611. The van der Waals surface area contributed by atoms with E-state index in [1.807, 2.05) is 0 Å². The maximum Gasteiger partial charge on any atom is 0.348 e. The second-order valence-electron chi connectivity index (χ2n) is 6.66. The van der Waals surface area contributed by atoms with E-state index >= 15 is 0 Å². The van der Waals surface area contributed by atoms with Gasteiger partial charge in [0, 0.05) is 7.05 Å². The van der Waals surface area contributed by atoms with E-state index in [2.05, 4.69) is 0 Å². The highest BCUT2D eigenvalue weighted by Crippen LogP contribution is 2.34. The summed E-state index contributed by atoms with van der Waals surface area (Å²) in [7, 11) is -0.597. The van der Waals surface area contributed by atoms with Gasteiger partial charge < -0.3 is 19.1 Å². The van der Waals surface area contributed by atoms with Crippen LogP contribution in [-0.4, -0.2) is 65.1 Å². The van der Waals surface area contributed by atoms with Crippen molar-refractivity contribution in [3.63, 3.8) is 0 Å². The third kappa shape index (κ3) is 4.47. The molecule has 0 aromatic heterocycles. The number of nitrogens with zero attached hydrogens (tertiary/aromatic N) is 2. The number of carbonyl (C=O) groups excluding carboxylic acids is 2. The first-order chi connectivity index (χ1) is 14.7. The Balaban J connectivity index is 1.88. The lowest BCUT2D eigenvalue weighted by Crippen LogP contribution is -2.50. The van der Waals surface area contributed by atoms with Crippen molar-refractivity contribution in [1.29, 1.82) is 0 Å². The number of rotatable bonds is 6. The summed E-state index contributed by atoms with van der Waals surface area (Å²) in [5.74, 6) is -1.80. The van der Waals surface area contributed by atoms with Crippen LogP contribution in [0.5, 0.6) is 11.5 Å². The number of para-hydroxylation sites is 2. The lowest BCUT2D eigenvalue weighted by atomic mass is 10.2. The maximum absolute atomic E-state index is 13.7. The predicted molar refractivity (Wildman–Crippen MR) is 108 cm³/mol. The molecular weight excluding hydrogens is 431 g/mol. The molecule has 11 heteroatoms. The first-order valence-corrected chi connectivity index (χ1v) is 10.6. The number of ether oxygens (including phenoxy) is 3. The largest absolute Gasteiger partial charge is 0.495 e. The van der Waals surface area contributed by atoms with Gasteiger partial charge in [0.15, 0.2) is 0 Å². The van der Waals surface area contributed by atoms with Crippen LogP contribution in [-0.2, 0) is 24.3 Å². The fourth-order valence-electron chi connectivity index (χ4n) is 3.11. The molecule has 1 amide bonds.